The van der Waals surface area contributed by atoms with Crippen LogP contribution in [-0.4, -0.2) is 44.5 Å². The highest BCUT2D eigenvalue weighted by Crippen LogP contribution is 2.21. The number of hydrogen-bond acceptors (Lipinski definition) is 4. The molecular formula is C22H27N3O4S. The van der Waals surface area contributed by atoms with Crippen molar-refractivity contribution in [2.45, 2.75) is 32.9 Å². The first-order chi connectivity index (χ1) is 14.2. The molecule has 0 aromatic heterocycles. The molecule has 1 aliphatic rings. The molecule has 0 bridgehead atoms. The average Bonchev–Trinajstić information content (AvgIpc) is 3.09. The number of para-hydroxylation sites is 1. The lowest BCUT2D eigenvalue weighted by Gasteiger charge is -2.23. The predicted octanol–water partition coefficient (Wildman–Crippen LogP) is 2.20. The largest absolute Gasteiger partial charge is 0.350 e. The van der Waals surface area contributed by atoms with Crippen LogP contribution in [0.1, 0.15) is 29.5 Å². The van der Waals surface area contributed by atoms with Crippen LogP contribution in [0.4, 0.5) is 5.69 Å². The Kier molecular flexibility index (Phi) is 6.77. The van der Waals surface area contributed by atoms with E-state index in [1.165, 1.54) is 0 Å². The van der Waals surface area contributed by atoms with E-state index in [2.05, 4.69) is 5.32 Å². The summed E-state index contributed by atoms with van der Waals surface area (Å²) >= 11 is 0. The van der Waals surface area contributed by atoms with Gasteiger partial charge in [-0.3, -0.25) is 13.9 Å². The fourth-order valence-electron chi connectivity index (χ4n) is 3.54. The summed E-state index contributed by atoms with van der Waals surface area (Å²) < 4.78 is 25.6. The Morgan fingerprint density at radius 2 is 1.87 bits per heavy atom. The van der Waals surface area contributed by atoms with Crippen molar-refractivity contribution in [3.05, 3.63) is 65.2 Å². The number of benzene rings is 2. The first-order valence-electron chi connectivity index (χ1n) is 9.89. The molecule has 2 aromatic carbocycles. The van der Waals surface area contributed by atoms with Gasteiger partial charge in [-0.05, 0) is 36.1 Å². The minimum Gasteiger partial charge on any atom is -0.350 e. The van der Waals surface area contributed by atoms with Gasteiger partial charge in [-0.25, -0.2) is 8.42 Å². The summed E-state index contributed by atoms with van der Waals surface area (Å²) in [6.45, 7) is 3.15. The third-order valence-electron chi connectivity index (χ3n) is 5.10. The first-order valence-corrected chi connectivity index (χ1v) is 11.7. The van der Waals surface area contributed by atoms with E-state index in [1.54, 1.807) is 12.1 Å². The quantitative estimate of drug-likeness (QED) is 0.697. The standard InChI is InChI=1S/C22H27N3O4S/c1-17-7-3-4-10-20(17)25(30(2,28)29)16-21(26)23-14-18-8-5-9-19(13-18)15-24-12-6-11-22(24)27/h3-5,7-10,13H,6,11-12,14-16H2,1-2H3,(H,23,26). The molecule has 30 heavy (non-hydrogen) atoms. The van der Waals surface area contributed by atoms with Crippen LogP contribution in [0, 0.1) is 6.92 Å². The van der Waals surface area contributed by atoms with Gasteiger partial charge in [-0.2, -0.15) is 0 Å². The Bertz CT molecular complexity index is 1040. The molecule has 3 rings (SSSR count). The summed E-state index contributed by atoms with van der Waals surface area (Å²) in [5.74, 6) is -0.213. The van der Waals surface area contributed by atoms with Gasteiger partial charge in [0.25, 0.3) is 0 Å². The Labute approximate surface area is 177 Å². The number of carbonyl (C=O) groups excluding carboxylic acids is 2. The number of hydrogen-bond donors (Lipinski definition) is 1. The molecule has 0 spiro atoms. The van der Waals surface area contributed by atoms with Crippen molar-refractivity contribution in [1.82, 2.24) is 10.2 Å². The summed E-state index contributed by atoms with van der Waals surface area (Å²) in [6, 6.07) is 14.8. The molecule has 8 heteroatoms. The maximum Gasteiger partial charge on any atom is 0.241 e. The molecule has 0 atom stereocenters. The molecule has 1 saturated heterocycles. The van der Waals surface area contributed by atoms with Crippen LogP contribution in [-0.2, 0) is 32.7 Å². The minimum atomic E-state index is -3.61. The highest BCUT2D eigenvalue weighted by atomic mass is 32.2. The van der Waals surface area contributed by atoms with Gasteiger partial charge in [0.2, 0.25) is 21.8 Å². The maximum atomic E-state index is 12.5. The molecule has 1 aliphatic heterocycles. The minimum absolute atomic E-state index is 0.172. The summed E-state index contributed by atoms with van der Waals surface area (Å²) in [5.41, 5.74) is 3.18. The summed E-state index contributed by atoms with van der Waals surface area (Å²) in [4.78, 5) is 26.2. The number of rotatable bonds is 8. The SMILES string of the molecule is Cc1ccccc1N(CC(=O)NCc1cccc(CN2CCCC2=O)c1)S(C)(=O)=O. The number of likely N-dealkylation sites (tertiary alicyclic amines) is 1. The van der Waals surface area contributed by atoms with Gasteiger partial charge in [-0.15, -0.1) is 0 Å². The van der Waals surface area contributed by atoms with Crippen LogP contribution >= 0.6 is 0 Å². The number of carbonyl (C=O) groups is 2. The van der Waals surface area contributed by atoms with Crippen LogP contribution in [0.2, 0.25) is 0 Å². The zero-order valence-electron chi connectivity index (χ0n) is 17.3. The van der Waals surface area contributed by atoms with E-state index in [0.717, 1.165) is 40.2 Å². The van der Waals surface area contributed by atoms with Crippen LogP contribution in [0.5, 0.6) is 0 Å². The number of amides is 2. The lowest BCUT2D eigenvalue weighted by molar-refractivity contribution is -0.128. The van der Waals surface area contributed by atoms with E-state index in [0.29, 0.717) is 18.7 Å². The average molecular weight is 430 g/mol. The highest BCUT2D eigenvalue weighted by molar-refractivity contribution is 7.92. The molecule has 0 saturated carbocycles. The molecule has 2 amide bonds. The third-order valence-corrected chi connectivity index (χ3v) is 6.22. The third kappa shape index (κ3) is 5.60. The van der Waals surface area contributed by atoms with Crippen molar-refractivity contribution >= 4 is 27.5 Å². The number of anilines is 1. The second-order valence-corrected chi connectivity index (χ2v) is 9.48. The van der Waals surface area contributed by atoms with E-state index in [4.69, 9.17) is 0 Å². The zero-order valence-corrected chi connectivity index (χ0v) is 18.1. The van der Waals surface area contributed by atoms with E-state index in [-0.39, 0.29) is 24.9 Å². The van der Waals surface area contributed by atoms with E-state index >= 15 is 0 Å². The highest BCUT2D eigenvalue weighted by Gasteiger charge is 2.22. The number of nitrogens with one attached hydrogen (secondary N) is 1. The molecule has 7 nitrogen and oxygen atoms in total. The molecule has 0 radical (unpaired) electrons. The van der Waals surface area contributed by atoms with Crippen LogP contribution < -0.4 is 9.62 Å². The van der Waals surface area contributed by atoms with Crippen molar-refractivity contribution in [1.29, 1.82) is 0 Å². The van der Waals surface area contributed by atoms with Crippen molar-refractivity contribution < 1.29 is 18.0 Å². The van der Waals surface area contributed by atoms with Gasteiger partial charge >= 0.3 is 0 Å². The van der Waals surface area contributed by atoms with Crippen LogP contribution in [0.25, 0.3) is 0 Å². The smallest absolute Gasteiger partial charge is 0.241 e. The fraction of sp³-hybridized carbons (Fsp3) is 0.364. The summed E-state index contributed by atoms with van der Waals surface area (Å²) in [6.07, 6.45) is 2.59. The van der Waals surface area contributed by atoms with Crippen molar-refractivity contribution in [3.8, 4) is 0 Å². The van der Waals surface area contributed by atoms with E-state index in [1.807, 2.05) is 48.2 Å². The zero-order chi connectivity index (χ0) is 21.7. The molecular weight excluding hydrogens is 402 g/mol. The van der Waals surface area contributed by atoms with Crippen LogP contribution in [0.15, 0.2) is 48.5 Å². The topological polar surface area (TPSA) is 86.8 Å². The molecule has 2 aromatic rings. The lowest BCUT2D eigenvalue weighted by Crippen LogP contribution is -2.40. The molecule has 0 aliphatic carbocycles. The predicted molar refractivity (Wildman–Crippen MR) is 116 cm³/mol. The first kappa shape index (κ1) is 21.8. The second-order valence-electron chi connectivity index (χ2n) is 7.57. The van der Waals surface area contributed by atoms with Crippen LogP contribution in [0.3, 0.4) is 0 Å². The maximum absolute atomic E-state index is 12.5. The molecule has 0 unspecified atom stereocenters. The molecule has 160 valence electrons. The van der Waals surface area contributed by atoms with Gasteiger partial charge in [0.05, 0.1) is 11.9 Å². The monoisotopic (exact) mass is 429 g/mol. The Balaban J connectivity index is 1.62. The Morgan fingerprint density at radius 1 is 1.13 bits per heavy atom. The van der Waals surface area contributed by atoms with Crippen molar-refractivity contribution in [2.75, 3.05) is 23.7 Å². The second kappa shape index (κ2) is 9.30. The van der Waals surface area contributed by atoms with Gasteiger partial charge in [-0.1, -0.05) is 42.5 Å². The molecule has 1 fully saturated rings. The Hall–Kier alpha value is -2.87. The number of aryl methyl sites for hydroxylation is 1. The number of sulfonamides is 1. The normalized spacial score (nSPS) is 14.1. The fourth-order valence-corrected chi connectivity index (χ4v) is 4.45. The van der Waals surface area contributed by atoms with Gasteiger partial charge < -0.3 is 10.2 Å². The number of nitrogens with zero attached hydrogens (tertiary/aromatic N) is 2. The summed E-state index contributed by atoms with van der Waals surface area (Å²) in [7, 11) is -3.61. The van der Waals surface area contributed by atoms with E-state index < -0.39 is 10.0 Å². The summed E-state index contributed by atoms with van der Waals surface area (Å²) in [5, 5.41) is 2.79. The van der Waals surface area contributed by atoms with Gasteiger partial charge in [0.15, 0.2) is 0 Å². The lowest BCUT2D eigenvalue weighted by atomic mass is 10.1. The van der Waals surface area contributed by atoms with Gasteiger partial charge in [0.1, 0.15) is 6.54 Å². The van der Waals surface area contributed by atoms with E-state index in [9.17, 15) is 18.0 Å². The Morgan fingerprint density at radius 3 is 2.53 bits per heavy atom. The molecule has 1 N–H and O–H groups in total. The van der Waals surface area contributed by atoms with Crippen molar-refractivity contribution in [2.24, 2.45) is 0 Å². The van der Waals surface area contributed by atoms with Crippen molar-refractivity contribution in [3.63, 3.8) is 0 Å². The molecule has 1 heterocycles. The van der Waals surface area contributed by atoms with Gasteiger partial charge in [0, 0.05) is 26.1 Å².